The van der Waals surface area contributed by atoms with Crippen molar-refractivity contribution in [2.24, 2.45) is 0 Å². The maximum absolute atomic E-state index is 13.7. The first-order valence-corrected chi connectivity index (χ1v) is 13.0. The van der Waals surface area contributed by atoms with Gasteiger partial charge < -0.3 is 37.8 Å². The van der Waals surface area contributed by atoms with Crippen molar-refractivity contribution in [2.75, 3.05) is 20.8 Å². The number of hydrogen-bond acceptors (Lipinski definition) is 9. The molecule has 2 saturated heterocycles. The van der Waals surface area contributed by atoms with E-state index in [9.17, 15) is 9.67 Å². The summed E-state index contributed by atoms with van der Waals surface area (Å²) in [6.45, 7) is 3.51. The molecule has 2 heterocycles. The zero-order valence-electron chi connectivity index (χ0n) is 20.4. The molecule has 0 amide bonds. The number of aliphatic hydroxyl groups is 1. The Morgan fingerprint density at radius 2 is 1.51 bits per heavy atom. The highest BCUT2D eigenvalue weighted by Gasteiger charge is 2.67. The number of ether oxygens (including phenoxy) is 5. The van der Waals surface area contributed by atoms with Gasteiger partial charge in [-0.25, -0.2) is 0 Å². The Kier molecular flexibility index (Phi) is 8.12. The lowest BCUT2D eigenvalue weighted by atomic mass is 10.0. The Hall–Kier alpha value is -1.65. The van der Waals surface area contributed by atoms with E-state index in [0.717, 1.165) is 11.1 Å². The quantitative estimate of drug-likeness (QED) is 0.454. The summed E-state index contributed by atoms with van der Waals surface area (Å²) in [5.74, 6) is -0.914. The molecule has 192 valence electrons. The second kappa shape index (κ2) is 10.8. The molecule has 10 heteroatoms. The van der Waals surface area contributed by atoms with E-state index in [1.807, 2.05) is 60.7 Å². The van der Waals surface area contributed by atoms with Gasteiger partial charge in [0.15, 0.2) is 12.1 Å². The van der Waals surface area contributed by atoms with Gasteiger partial charge in [-0.1, -0.05) is 60.7 Å². The van der Waals surface area contributed by atoms with Crippen molar-refractivity contribution in [1.29, 1.82) is 0 Å². The van der Waals surface area contributed by atoms with E-state index in [1.165, 1.54) is 14.2 Å². The van der Waals surface area contributed by atoms with Crippen LogP contribution < -0.4 is 0 Å². The lowest BCUT2D eigenvalue weighted by Gasteiger charge is -2.39. The fourth-order valence-electron chi connectivity index (χ4n) is 4.40. The molecule has 2 aromatic rings. The van der Waals surface area contributed by atoms with E-state index >= 15 is 0 Å². The van der Waals surface area contributed by atoms with Crippen molar-refractivity contribution >= 4 is 7.60 Å². The molecule has 0 aliphatic carbocycles. The summed E-state index contributed by atoms with van der Waals surface area (Å²) >= 11 is 0. The molecule has 0 aromatic heterocycles. The summed E-state index contributed by atoms with van der Waals surface area (Å²) in [5.41, 5.74) is 1.80. The van der Waals surface area contributed by atoms with Gasteiger partial charge in [0.1, 0.15) is 18.3 Å². The van der Waals surface area contributed by atoms with Gasteiger partial charge in [-0.3, -0.25) is 4.57 Å². The fraction of sp³-hybridized carbons (Fsp3) is 0.520. The Bertz CT molecular complexity index is 995. The zero-order valence-corrected chi connectivity index (χ0v) is 21.3. The third kappa shape index (κ3) is 5.54. The van der Waals surface area contributed by atoms with Crippen LogP contribution in [0.2, 0.25) is 0 Å². The van der Waals surface area contributed by atoms with Crippen LogP contribution in [0.1, 0.15) is 25.0 Å². The van der Waals surface area contributed by atoms with Crippen molar-refractivity contribution in [3.8, 4) is 0 Å². The molecule has 0 bridgehead atoms. The molecule has 1 N–H and O–H groups in total. The topological polar surface area (TPSA) is 102 Å². The summed E-state index contributed by atoms with van der Waals surface area (Å²) in [5, 5.41) is 9.69. The first kappa shape index (κ1) is 26.4. The van der Waals surface area contributed by atoms with Crippen molar-refractivity contribution in [3.63, 3.8) is 0 Å². The van der Waals surface area contributed by atoms with Crippen LogP contribution in [0.3, 0.4) is 0 Å². The van der Waals surface area contributed by atoms with Gasteiger partial charge in [-0.2, -0.15) is 0 Å². The van der Waals surface area contributed by atoms with Crippen LogP contribution in [-0.2, 0) is 50.5 Å². The molecule has 5 atom stereocenters. The third-order valence-electron chi connectivity index (χ3n) is 6.11. The third-order valence-corrected chi connectivity index (χ3v) is 8.41. The molecule has 4 rings (SSSR count). The van der Waals surface area contributed by atoms with Gasteiger partial charge in [0.25, 0.3) is 0 Å². The standard InChI is InChI=1S/C25H33O9P/c1-24(2)33-21-20(31-16-19-13-9-6-10-14-19)22(32-23(21)34-24)25(26,35(27,28-3)29-4)17-30-15-18-11-7-5-8-12-18/h5-14,20-23,26H,15-17H2,1-4H3/t20-,21-,22-,23-,25-/m0/s1. The molecule has 9 nitrogen and oxygen atoms in total. The second-order valence-electron chi connectivity index (χ2n) is 9.01. The minimum absolute atomic E-state index is 0.172. The molecular weight excluding hydrogens is 475 g/mol. The number of rotatable bonds is 11. The van der Waals surface area contributed by atoms with Gasteiger partial charge >= 0.3 is 7.60 Å². The predicted octanol–water partition coefficient (Wildman–Crippen LogP) is 3.84. The molecular formula is C25H33O9P. The van der Waals surface area contributed by atoms with Gasteiger partial charge in [0.05, 0.1) is 19.8 Å². The highest BCUT2D eigenvalue weighted by molar-refractivity contribution is 7.55. The molecule has 2 aliphatic rings. The van der Waals surface area contributed by atoms with Gasteiger partial charge in [-0.05, 0) is 25.0 Å². The van der Waals surface area contributed by atoms with Gasteiger partial charge in [0.2, 0.25) is 5.34 Å². The van der Waals surface area contributed by atoms with Crippen molar-refractivity contribution < 1.29 is 42.4 Å². The van der Waals surface area contributed by atoms with Crippen LogP contribution in [0, 0.1) is 0 Å². The lowest BCUT2D eigenvalue weighted by Crippen LogP contribution is -2.54. The fourth-order valence-corrected chi connectivity index (χ4v) is 5.95. The van der Waals surface area contributed by atoms with Crippen LogP contribution >= 0.6 is 7.60 Å². The largest absolute Gasteiger partial charge is 0.374 e. The summed E-state index contributed by atoms with van der Waals surface area (Å²) in [4.78, 5) is 0. The van der Waals surface area contributed by atoms with Crippen LogP contribution in [0.25, 0.3) is 0 Å². The number of hydrogen-bond donors (Lipinski definition) is 1. The second-order valence-corrected chi connectivity index (χ2v) is 11.5. The summed E-state index contributed by atoms with van der Waals surface area (Å²) in [6.07, 6.45) is -3.58. The van der Waals surface area contributed by atoms with Crippen molar-refractivity contribution in [2.45, 2.75) is 62.8 Å². The Balaban J connectivity index is 1.61. The van der Waals surface area contributed by atoms with Gasteiger partial charge in [-0.15, -0.1) is 0 Å². The minimum Gasteiger partial charge on any atom is -0.374 e. The lowest BCUT2D eigenvalue weighted by molar-refractivity contribution is -0.240. The van der Waals surface area contributed by atoms with Crippen LogP contribution in [0.4, 0.5) is 0 Å². The van der Waals surface area contributed by atoms with E-state index in [4.69, 9.17) is 32.7 Å². The smallest absolute Gasteiger partial charge is 0.366 e. The molecule has 35 heavy (non-hydrogen) atoms. The molecule has 0 spiro atoms. The Morgan fingerprint density at radius 1 is 0.943 bits per heavy atom. The first-order valence-electron chi connectivity index (χ1n) is 11.4. The van der Waals surface area contributed by atoms with E-state index in [-0.39, 0.29) is 13.2 Å². The Labute approximate surface area is 205 Å². The van der Waals surface area contributed by atoms with Gasteiger partial charge in [0, 0.05) is 14.2 Å². The summed E-state index contributed by atoms with van der Waals surface area (Å²) < 4.78 is 54.2. The molecule has 0 radical (unpaired) electrons. The average Bonchev–Trinajstić information content (AvgIpc) is 3.35. The van der Waals surface area contributed by atoms with Crippen molar-refractivity contribution in [3.05, 3.63) is 71.8 Å². The summed E-state index contributed by atoms with van der Waals surface area (Å²) in [6, 6.07) is 19.0. The molecule has 2 aliphatic heterocycles. The number of fused-ring (bicyclic) bond motifs is 1. The molecule has 0 saturated carbocycles. The van der Waals surface area contributed by atoms with Crippen LogP contribution in [0.5, 0.6) is 0 Å². The van der Waals surface area contributed by atoms with Crippen molar-refractivity contribution in [1.82, 2.24) is 0 Å². The van der Waals surface area contributed by atoms with E-state index < -0.39 is 49.9 Å². The maximum Gasteiger partial charge on any atom is 0.366 e. The van der Waals surface area contributed by atoms with E-state index in [0.29, 0.717) is 0 Å². The SMILES string of the molecule is COP(=O)(OC)[C@@](O)(COCc1ccccc1)[C@H]1O[C@H]2OC(C)(C)O[C@H]2[C@@H]1OCc1ccccc1. The molecule has 2 aromatic carbocycles. The molecule has 0 unspecified atom stereocenters. The van der Waals surface area contributed by atoms with E-state index in [1.54, 1.807) is 13.8 Å². The highest BCUT2D eigenvalue weighted by Crippen LogP contribution is 2.62. The summed E-state index contributed by atoms with van der Waals surface area (Å²) in [7, 11) is -1.75. The first-order chi connectivity index (χ1) is 16.7. The monoisotopic (exact) mass is 508 g/mol. The predicted molar refractivity (Wildman–Crippen MR) is 126 cm³/mol. The average molecular weight is 509 g/mol. The maximum atomic E-state index is 13.7. The number of benzene rings is 2. The highest BCUT2D eigenvalue weighted by atomic mass is 31.2. The van der Waals surface area contributed by atoms with E-state index in [2.05, 4.69) is 0 Å². The minimum atomic E-state index is -4.16. The Morgan fingerprint density at radius 3 is 2.09 bits per heavy atom. The van der Waals surface area contributed by atoms with Crippen LogP contribution in [0.15, 0.2) is 60.7 Å². The normalized spacial score (nSPS) is 27.5. The zero-order chi connectivity index (χ0) is 25.1. The van der Waals surface area contributed by atoms with Crippen LogP contribution in [-0.4, -0.2) is 61.7 Å². The molecule has 2 fully saturated rings.